The van der Waals surface area contributed by atoms with Crippen molar-refractivity contribution < 1.29 is 13.9 Å². The van der Waals surface area contributed by atoms with Gasteiger partial charge in [0.15, 0.2) is 0 Å². The summed E-state index contributed by atoms with van der Waals surface area (Å²) in [5.41, 5.74) is -0.777. The third kappa shape index (κ3) is 9.08. The van der Waals surface area contributed by atoms with Gasteiger partial charge >= 0.3 is 240 Å². The van der Waals surface area contributed by atoms with E-state index in [4.69, 9.17) is 4.52 Å². The Bertz CT molecular complexity index is 1420. The Kier molecular flexibility index (Phi) is 12.0. The molecule has 0 saturated carbocycles. The number of hydrogen-bond donors (Lipinski definition) is 1. The van der Waals surface area contributed by atoms with Crippen molar-refractivity contribution in [2.45, 2.75) is 99.7 Å². The van der Waals surface area contributed by atoms with Crippen LogP contribution in [0.15, 0.2) is 91.0 Å². The van der Waals surface area contributed by atoms with E-state index in [2.05, 4.69) is 149 Å². The molecular weight excluding hydrogens is 630 g/mol. The third-order valence-corrected chi connectivity index (χ3v) is 18.5. The molecule has 1 heterocycles. The molecule has 48 heavy (non-hydrogen) atoms. The first kappa shape index (κ1) is 38.5. The maximum atomic E-state index is 14.3. The molecule has 1 amide bonds. The number of rotatable bonds is 12. The summed E-state index contributed by atoms with van der Waals surface area (Å²) < 4.78 is 22.6. The molecule has 1 unspecified atom stereocenters. The molecule has 0 aromatic heterocycles. The van der Waals surface area contributed by atoms with Crippen LogP contribution in [0.1, 0.15) is 88.5 Å². The molecule has 1 atom stereocenters. The molecule has 1 N–H and O–H groups in total. The Balaban J connectivity index is 1.52. The molecule has 1 aliphatic rings. The van der Waals surface area contributed by atoms with E-state index in [1.54, 1.807) is 0 Å². The van der Waals surface area contributed by atoms with Crippen molar-refractivity contribution in [2.75, 3.05) is 25.9 Å². The van der Waals surface area contributed by atoms with Crippen LogP contribution in [0.3, 0.4) is 0 Å². The van der Waals surface area contributed by atoms with Crippen LogP contribution < -0.4 is 21.2 Å². The van der Waals surface area contributed by atoms with Crippen LogP contribution in [-0.4, -0.2) is 47.6 Å². The normalized spacial score (nSPS) is 17.5. The van der Waals surface area contributed by atoms with Gasteiger partial charge in [-0.3, -0.25) is 0 Å². The van der Waals surface area contributed by atoms with Gasteiger partial charge in [-0.2, -0.15) is 0 Å². The number of carbonyl (C=O) groups excluding carboxylic acids is 1. The molecule has 0 radical (unpaired) electrons. The van der Waals surface area contributed by atoms with Gasteiger partial charge in [0, 0.05) is 0 Å². The van der Waals surface area contributed by atoms with Crippen LogP contribution in [0.4, 0.5) is 0 Å². The first-order valence-electron chi connectivity index (χ1n) is 17.8. The van der Waals surface area contributed by atoms with Crippen molar-refractivity contribution in [1.29, 1.82) is 0 Å². The first-order chi connectivity index (χ1) is 22.3. The molecule has 1 saturated heterocycles. The molecule has 5 nitrogen and oxygen atoms in total. The van der Waals surface area contributed by atoms with Gasteiger partial charge in [0.25, 0.3) is 0 Å². The molecule has 0 aliphatic carbocycles. The topological polar surface area (TPSA) is 58.6 Å². The van der Waals surface area contributed by atoms with E-state index in [0.29, 0.717) is 19.7 Å². The Labute approximate surface area is 292 Å². The minimum Gasteiger partial charge on any atom is -0.0498 e. The van der Waals surface area contributed by atoms with Gasteiger partial charge in [0.05, 0.1) is 6.61 Å². The summed E-state index contributed by atoms with van der Waals surface area (Å²) in [4.78, 5) is 14.0. The number of benzene rings is 3. The predicted octanol–water partition coefficient (Wildman–Crippen LogP) is 8.79. The van der Waals surface area contributed by atoms with E-state index in [1.807, 2.05) is 20.8 Å². The second kappa shape index (κ2) is 14.9. The van der Waals surface area contributed by atoms with Crippen LogP contribution in [0.2, 0.25) is 0 Å². The van der Waals surface area contributed by atoms with Crippen molar-refractivity contribution in [3.8, 4) is 0 Å². The van der Waals surface area contributed by atoms with Gasteiger partial charge in [-0.1, -0.05) is 20.8 Å². The van der Waals surface area contributed by atoms with E-state index in [0.717, 1.165) is 25.4 Å². The van der Waals surface area contributed by atoms with E-state index in [-0.39, 0.29) is 22.8 Å². The zero-order valence-electron chi connectivity index (χ0n) is 31.3. The molecule has 0 bridgehead atoms. The summed E-state index contributed by atoms with van der Waals surface area (Å²) in [7, 11) is -5.54. The maximum absolute atomic E-state index is 14.3. The van der Waals surface area contributed by atoms with Crippen LogP contribution in [0.5, 0.6) is 0 Å². The molecule has 3 aromatic rings. The Morgan fingerprint density at radius 1 is 0.750 bits per heavy atom. The summed E-state index contributed by atoms with van der Waals surface area (Å²) in [6.45, 7) is 23.0. The van der Waals surface area contributed by atoms with Crippen molar-refractivity contribution in [1.82, 2.24) is 9.99 Å². The average Bonchev–Trinajstić information content (AvgIpc) is 3.02. The summed E-state index contributed by atoms with van der Waals surface area (Å²) in [5.74, 6) is 0.100. The van der Waals surface area contributed by atoms with Crippen LogP contribution >= 0.6 is 14.8 Å². The summed E-state index contributed by atoms with van der Waals surface area (Å²) in [6, 6.07) is 33.2. The van der Waals surface area contributed by atoms with Gasteiger partial charge in [0.1, 0.15) is 0 Å². The van der Waals surface area contributed by atoms with Gasteiger partial charge in [-0.05, 0) is 26.2 Å². The number of carbonyl (C=O) groups is 1. The number of hydrogen-bond acceptors (Lipinski definition) is 3. The Morgan fingerprint density at radius 2 is 1.17 bits per heavy atom. The average molecular weight is 693 g/mol. The first-order valence-corrected chi connectivity index (χ1v) is 21.6. The fourth-order valence-corrected chi connectivity index (χ4v) is 15.8. The minimum absolute atomic E-state index is 0.0543. The summed E-state index contributed by atoms with van der Waals surface area (Å²) in [5, 5.41) is 7.11. The van der Waals surface area contributed by atoms with E-state index in [1.165, 1.54) is 15.9 Å². The van der Waals surface area contributed by atoms with Gasteiger partial charge in [-0.25, -0.2) is 0 Å². The van der Waals surface area contributed by atoms with Crippen LogP contribution in [0, 0.1) is 16.2 Å². The Hall–Kier alpha value is -2.29. The quantitative estimate of drug-likeness (QED) is 0.193. The molecule has 4 rings (SSSR count). The van der Waals surface area contributed by atoms with E-state index in [9.17, 15) is 9.36 Å². The van der Waals surface area contributed by atoms with Crippen molar-refractivity contribution in [3.05, 3.63) is 91.0 Å². The van der Waals surface area contributed by atoms with E-state index < -0.39 is 25.4 Å². The molecule has 1 fully saturated rings. The molecule has 264 valence electrons. The number of piperidine rings is 1. The second-order valence-electron chi connectivity index (χ2n) is 17.6. The van der Waals surface area contributed by atoms with E-state index >= 15 is 0 Å². The van der Waals surface area contributed by atoms with Gasteiger partial charge in [0.2, 0.25) is 0 Å². The summed E-state index contributed by atoms with van der Waals surface area (Å²) in [6.07, 6.45) is 3.25. The smallest absolute Gasteiger partial charge is 0.0498 e. The van der Waals surface area contributed by atoms with Crippen LogP contribution in [-0.2, 0) is 13.9 Å². The zero-order chi connectivity index (χ0) is 35.4. The fourth-order valence-electron chi connectivity index (χ4n) is 7.67. The SMILES string of the molecule is CC(C)(C)COP(=O)(N1CCC(NC(=O)C(C)(C)CC(C)(C)C[PH](c2ccccc2)(c2ccccc2)c2ccccc2)CC1)C(C)(C)C. The molecule has 3 aromatic carbocycles. The fraction of sp³-hybridized carbons (Fsp3) is 0.537. The predicted molar refractivity (Wildman–Crippen MR) is 209 cm³/mol. The minimum atomic E-state index is -3.07. The summed E-state index contributed by atoms with van der Waals surface area (Å²) >= 11 is 0. The van der Waals surface area contributed by atoms with Crippen molar-refractivity contribution in [3.63, 3.8) is 0 Å². The second-order valence-corrected chi connectivity index (χ2v) is 24.7. The zero-order valence-corrected chi connectivity index (χ0v) is 33.2. The number of nitrogens with zero attached hydrogens (tertiary/aromatic N) is 1. The molecule has 0 spiro atoms. The van der Waals surface area contributed by atoms with Crippen molar-refractivity contribution in [2.24, 2.45) is 16.2 Å². The Morgan fingerprint density at radius 3 is 1.54 bits per heavy atom. The monoisotopic (exact) mass is 692 g/mol. The molecule has 7 heteroatoms. The number of amides is 1. The van der Waals surface area contributed by atoms with Gasteiger partial charge in [-0.15, -0.1) is 0 Å². The molecular formula is C41H62N2O3P2. The molecule has 1 aliphatic heterocycles. The third-order valence-electron chi connectivity index (χ3n) is 9.78. The van der Waals surface area contributed by atoms with Crippen LogP contribution in [0.25, 0.3) is 0 Å². The number of nitrogens with one attached hydrogen (secondary N) is 1. The van der Waals surface area contributed by atoms with Crippen molar-refractivity contribution >= 4 is 36.6 Å². The standard InChI is InChI=1S/C41H62N2O3P2/c1-38(2,3)31-46-48(45,39(4,5)6)43-28-26-33(27-29-43)42-37(44)41(9,10)30-40(7,8)32-47(34-20-14-11-15-21-34,35-22-16-12-17-23-35)36-24-18-13-19-25-36/h11-25,33,47H,26-32H2,1-10H3,(H,42,44). The van der Waals surface area contributed by atoms with Gasteiger partial charge < -0.3 is 0 Å².